The number of hydrogen-bond acceptors (Lipinski definition) is 4. The normalized spacial score (nSPS) is 13.0. The van der Waals surface area contributed by atoms with Gasteiger partial charge in [-0.3, -0.25) is 4.79 Å². The summed E-state index contributed by atoms with van der Waals surface area (Å²) in [7, 11) is 0.852. The van der Waals surface area contributed by atoms with E-state index in [0.29, 0.717) is 6.61 Å². The number of rotatable bonds is 6. The van der Waals surface area contributed by atoms with Gasteiger partial charge in [0, 0.05) is 28.3 Å². The van der Waals surface area contributed by atoms with Crippen LogP contribution in [0.4, 0.5) is 4.39 Å². The van der Waals surface area contributed by atoms with Gasteiger partial charge in [-0.15, -0.1) is 0 Å². The molecule has 0 aliphatic carbocycles. The molecule has 1 amide bonds. The number of benzene rings is 1. The standard InChI is InChI=1S/C12H14BrClFNO4S/c1-3-20-7(2)6-16-12(17)9-4-8(13)5-10(11(9)15)21(14,18)19/h4-5,7H,3,6H2,1-2H3,(H,16,17). The van der Waals surface area contributed by atoms with Crippen LogP contribution in [0.2, 0.25) is 0 Å². The van der Waals surface area contributed by atoms with Gasteiger partial charge in [0.2, 0.25) is 0 Å². The summed E-state index contributed by atoms with van der Waals surface area (Å²) in [6.07, 6.45) is -0.245. The molecule has 118 valence electrons. The van der Waals surface area contributed by atoms with E-state index in [0.717, 1.165) is 6.07 Å². The summed E-state index contributed by atoms with van der Waals surface area (Å²) in [5.41, 5.74) is -0.410. The molecule has 1 atom stereocenters. The van der Waals surface area contributed by atoms with Crippen molar-refractivity contribution in [1.29, 1.82) is 0 Å². The molecule has 0 bridgehead atoms. The van der Waals surface area contributed by atoms with Crippen molar-refractivity contribution in [2.24, 2.45) is 0 Å². The Kier molecular flexibility index (Phi) is 6.58. The summed E-state index contributed by atoms with van der Waals surface area (Å²) in [5.74, 6) is -1.93. The SMILES string of the molecule is CCOC(C)CNC(=O)c1cc(Br)cc(S(=O)(=O)Cl)c1F. The Bertz CT molecular complexity index is 638. The highest BCUT2D eigenvalue weighted by atomic mass is 79.9. The molecule has 0 aliphatic heterocycles. The molecule has 0 radical (unpaired) electrons. The van der Waals surface area contributed by atoms with Gasteiger partial charge in [-0.25, -0.2) is 12.8 Å². The van der Waals surface area contributed by atoms with Crippen LogP contribution < -0.4 is 5.32 Å². The Labute approximate surface area is 135 Å². The van der Waals surface area contributed by atoms with Crippen molar-refractivity contribution in [3.63, 3.8) is 0 Å². The Balaban J connectivity index is 3.03. The predicted octanol–water partition coefficient (Wildman–Crippen LogP) is 2.67. The van der Waals surface area contributed by atoms with Crippen LogP contribution in [0.1, 0.15) is 24.2 Å². The van der Waals surface area contributed by atoms with Gasteiger partial charge in [0.05, 0.1) is 11.7 Å². The molecule has 1 aromatic carbocycles. The van der Waals surface area contributed by atoms with Crippen LogP contribution in [-0.2, 0) is 13.8 Å². The Morgan fingerprint density at radius 3 is 2.67 bits per heavy atom. The molecular weight excluding hydrogens is 389 g/mol. The van der Waals surface area contributed by atoms with Gasteiger partial charge in [0.25, 0.3) is 15.0 Å². The molecule has 0 aliphatic rings. The molecule has 0 saturated heterocycles. The first-order chi connectivity index (χ1) is 9.66. The van der Waals surface area contributed by atoms with E-state index >= 15 is 0 Å². The lowest BCUT2D eigenvalue weighted by molar-refractivity contribution is 0.0693. The van der Waals surface area contributed by atoms with Crippen LogP contribution in [0.5, 0.6) is 0 Å². The van der Waals surface area contributed by atoms with Crippen molar-refractivity contribution < 1.29 is 22.3 Å². The van der Waals surface area contributed by atoms with Crippen LogP contribution in [0.15, 0.2) is 21.5 Å². The first kappa shape index (κ1) is 18.3. The molecule has 5 nitrogen and oxygen atoms in total. The maximum Gasteiger partial charge on any atom is 0.264 e. The van der Waals surface area contributed by atoms with Crippen LogP contribution in [0.25, 0.3) is 0 Å². The highest BCUT2D eigenvalue weighted by Crippen LogP contribution is 2.26. The van der Waals surface area contributed by atoms with Crippen molar-refractivity contribution in [1.82, 2.24) is 5.32 Å². The van der Waals surface area contributed by atoms with Crippen LogP contribution >= 0.6 is 26.6 Å². The lowest BCUT2D eigenvalue weighted by atomic mass is 10.2. The summed E-state index contributed by atoms with van der Waals surface area (Å²) in [5, 5.41) is 2.47. The van der Waals surface area contributed by atoms with Gasteiger partial charge < -0.3 is 10.1 Å². The fourth-order valence-corrected chi connectivity index (χ4v) is 3.12. The van der Waals surface area contributed by atoms with Gasteiger partial charge in [-0.05, 0) is 26.0 Å². The summed E-state index contributed by atoms with van der Waals surface area (Å²) in [6.45, 7) is 4.21. The van der Waals surface area contributed by atoms with E-state index in [4.69, 9.17) is 15.4 Å². The largest absolute Gasteiger partial charge is 0.377 e. The van der Waals surface area contributed by atoms with E-state index in [9.17, 15) is 17.6 Å². The third kappa shape index (κ3) is 5.21. The van der Waals surface area contributed by atoms with Crippen LogP contribution in [0.3, 0.4) is 0 Å². The molecule has 1 rings (SSSR count). The van der Waals surface area contributed by atoms with Crippen molar-refractivity contribution in [2.75, 3.05) is 13.2 Å². The summed E-state index contributed by atoms with van der Waals surface area (Å²) >= 11 is 3.02. The van der Waals surface area contributed by atoms with E-state index < -0.39 is 31.2 Å². The molecule has 1 unspecified atom stereocenters. The number of halogens is 3. The van der Waals surface area contributed by atoms with E-state index in [1.807, 2.05) is 6.92 Å². The van der Waals surface area contributed by atoms with Crippen molar-refractivity contribution >= 4 is 41.6 Å². The molecule has 0 fully saturated rings. The molecule has 0 aromatic heterocycles. The van der Waals surface area contributed by atoms with Gasteiger partial charge >= 0.3 is 0 Å². The van der Waals surface area contributed by atoms with Gasteiger partial charge in [-0.1, -0.05) is 15.9 Å². The lowest BCUT2D eigenvalue weighted by Gasteiger charge is -2.13. The van der Waals surface area contributed by atoms with E-state index in [1.54, 1.807) is 6.92 Å². The van der Waals surface area contributed by atoms with Gasteiger partial charge in [0.1, 0.15) is 4.90 Å². The zero-order valence-corrected chi connectivity index (χ0v) is 14.5. The van der Waals surface area contributed by atoms with Crippen LogP contribution in [0, 0.1) is 5.82 Å². The number of hydrogen-bond donors (Lipinski definition) is 1. The zero-order valence-electron chi connectivity index (χ0n) is 11.3. The average molecular weight is 403 g/mol. The molecule has 1 aromatic rings. The number of ether oxygens (including phenoxy) is 1. The maximum atomic E-state index is 14.1. The second-order valence-corrected chi connectivity index (χ2v) is 7.63. The molecule has 0 saturated carbocycles. The van der Waals surface area contributed by atoms with E-state index in [1.165, 1.54) is 6.07 Å². The molecule has 1 N–H and O–H groups in total. The smallest absolute Gasteiger partial charge is 0.264 e. The minimum Gasteiger partial charge on any atom is -0.377 e. The highest BCUT2D eigenvalue weighted by molar-refractivity contribution is 9.10. The molecular formula is C12H14BrClFNO4S. The summed E-state index contributed by atoms with van der Waals surface area (Å²) in [6, 6.07) is 2.18. The van der Waals surface area contributed by atoms with Gasteiger partial charge in [-0.2, -0.15) is 0 Å². The number of carbonyl (C=O) groups is 1. The topological polar surface area (TPSA) is 72.5 Å². The molecule has 0 heterocycles. The first-order valence-corrected chi connectivity index (χ1v) is 9.10. The second-order valence-electron chi connectivity index (χ2n) is 4.18. The summed E-state index contributed by atoms with van der Waals surface area (Å²) < 4.78 is 42.1. The average Bonchev–Trinajstić information content (AvgIpc) is 2.37. The van der Waals surface area contributed by atoms with E-state index in [2.05, 4.69) is 21.2 Å². The fourth-order valence-electron chi connectivity index (χ4n) is 1.58. The zero-order chi connectivity index (χ0) is 16.2. The van der Waals surface area contributed by atoms with Crippen molar-refractivity contribution in [3.8, 4) is 0 Å². The Morgan fingerprint density at radius 1 is 1.52 bits per heavy atom. The Morgan fingerprint density at radius 2 is 2.14 bits per heavy atom. The van der Waals surface area contributed by atoms with Crippen LogP contribution in [-0.4, -0.2) is 33.6 Å². The quantitative estimate of drug-likeness (QED) is 0.743. The predicted molar refractivity (Wildman–Crippen MR) is 80.6 cm³/mol. The number of amides is 1. The second kappa shape index (κ2) is 7.53. The maximum absolute atomic E-state index is 14.1. The van der Waals surface area contributed by atoms with Crippen molar-refractivity contribution in [2.45, 2.75) is 24.8 Å². The first-order valence-electron chi connectivity index (χ1n) is 6.00. The summed E-state index contributed by atoms with van der Waals surface area (Å²) in [4.78, 5) is 11.2. The Hall–Kier alpha value is -0.700. The highest BCUT2D eigenvalue weighted by Gasteiger charge is 2.23. The minimum absolute atomic E-state index is 0.168. The van der Waals surface area contributed by atoms with Crippen molar-refractivity contribution in [3.05, 3.63) is 28.0 Å². The number of nitrogens with one attached hydrogen (secondary N) is 1. The minimum atomic E-state index is -4.29. The number of carbonyl (C=O) groups excluding carboxylic acids is 1. The molecule has 21 heavy (non-hydrogen) atoms. The molecule has 0 spiro atoms. The van der Waals surface area contributed by atoms with E-state index in [-0.39, 0.29) is 17.1 Å². The monoisotopic (exact) mass is 401 g/mol. The third-order valence-corrected chi connectivity index (χ3v) is 4.29. The lowest BCUT2D eigenvalue weighted by Crippen LogP contribution is -2.32. The fraction of sp³-hybridized carbons (Fsp3) is 0.417. The molecule has 9 heteroatoms. The third-order valence-electron chi connectivity index (χ3n) is 2.51. The van der Waals surface area contributed by atoms with Gasteiger partial charge in [0.15, 0.2) is 5.82 Å².